The van der Waals surface area contributed by atoms with Gasteiger partial charge in [-0.25, -0.2) is 0 Å². The summed E-state index contributed by atoms with van der Waals surface area (Å²) in [4.78, 5) is 4.80. The molecule has 5 heteroatoms. The monoisotopic (exact) mass is 338 g/mol. The molecule has 2 aromatic rings. The van der Waals surface area contributed by atoms with Crippen molar-refractivity contribution < 1.29 is 0 Å². The summed E-state index contributed by atoms with van der Waals surface area (Å²) < 4.78 is 0. The van der Waals surface area contributed by atoms with Crippen molar-refractivity contribution in [3.63, 3.8) is 0 Å². The molecule has 1 atom stereocenters. The second-order valence-corrected chi connectivity index (χ2v) is 7.38. The third-order valence-electron chi connectivity index (χ3n) is 5.33. The van der Waals surface area contributed by atoms with E-state index in [0.29, 0.717) is 0 Å². The van der Waals surface area contributed by atoms with E-state index < -0.39 is 0 Å². The Labute approximate surface area is 146 Å². The molecule has 0 aromatic heterocycles. The van der Waals surface area contributed by atoms with Crippen molar-refractivity contribution in [3.05, 3.63) is 53.6 Å². The van der Waals surface area contributed by atoms with Gasteiger partial charge in [0, 0.05) is 22.7 Å². The second kappa shape index (κ2) is 4.90. The molecular formula is C19H19ClN4. The molecule has 1 spiro atoms. The Morgan fingerprint density at radius 2 is 1.79 bits per heavy atom. The molecule has 1 aliphatic carbocycles. The number of amidine groups is 1. The zero-order chi connectivity index (χ0) is 16.3. The zero-order valence-corrected chi connectivity index (χ0v) is 14.3. The molecule has 1 N–H and O–H groups in total. The largest absolute Gasteiger partial charge is 0.339 e. The number of rotatable bonds is 1. The van der Waals surface area contributed by atoms with E-state index >= 15 is 0 Å². The van der Waals surface area contributed by atoms with Crippen molar-refractivity contribution >= 4 is 34.5 Å². The number of para-hydroxylation sites is 2. The summed E-state index contributed by atoms with van der Waals surface area (Å²) in [5.41, 5.74) is 7.04. The molecule has 2 aromatic carbocycles. The Morgan fingerprint density at radius 3 is 2.50 bits per heavy atom. The maximum absolute atomic E-state index is 6.09. The number of benzene rings is 2. The number of fused-ring (bicyclic) bond motifs is 4. The first-order chi connectivity index (χ1) is 11.7. The summed E-state index contributed by atoms with van der Waals surface area (Å²) in [6.45, 7) is 3.12. The molecule has 0 amide bonds. The van der Waals surface area contributed by atoms with E-state index in [1.54, 1.807) is 0 Å². The molecule has 0 bridgehead atoms. The first-order valence-corrected chi connectivity index (χ1v) is 8.81. The lowest BCUT2D eigenvalue weighted by molar-refractivity contribution is 0.632. The summed E-state index contributed by atoms with van der Waals surface area (Å²) in [5.74, 6) is 1.19. The number of hydrazone groups is 1. The summed E-state index contributed by atoms with van der Waals surface area (Å²) in [5, 5.41) is 5.47. The average Bonchev–Trinajstić information content (AvgIpc) is 3.30. The molecule has 5 rings (SSSR count). The van der Waals surface area contributed by atoms with E-state index in [2.05, 4.69) is 58.5 Å². The quantitative estimate of drug-likeness (QED) is 0.839. The van der Waals surface area contributed by atoms with Crippen LogP contribution < -0.4 is 15.2 Å². The van der Waals surface area contributed by atoms with Crippen LogP contribution in [0, 0.1) is 5.41 Å². The van der Waals surface area contributed by atoms with Crippen LogP contribution in [0.3, 0.4) is 0 Å². The van der Waals surface area contributed by atoms with Gasteiger partial charge in [-0.15, -0.1) is 0 Å². The lowest BCUT2D eigenvalue weighted by atomic mass is 10.0. The molecule has 0 saturated heterocycles. The fraction of sp³-hybridized carbons (Fsp3) is 0.316. The van der Waals surface area contributed by atoms with Crippen molar-refractivity contribution in [3.8, 4) is 0 Å². The molecule has 1 fully saturated rings. The van der Waals surface area contributed by atoms with Crippen molar-refractivity contribution in [2.45, 2.75) is 25.9 Å². The zero-order valence-electron chi connectivity index (χ0n) is 13.5. The van der Waals surface area contributed by atoms with Gasteiger partial charge in [-0.3, -0.25) is 5.43 Å². The number of hydrogen-bond acceptors (Lipinski definition) is 4. The van der Waals surface area contributed by atoms with E-state index in [1.165, 1.54) is 35.7 Å². The number of nitrogens with one attached hydrogen (secondary N) is 1. The average molecular weight is 339 g/mol. The molecule has 122 valence electrons. The first-order valence-electron chi connectivity index (χ1n) is 8.43. The Balaban J connectivity index is 1.70. The van der Waals surface area contributed by atoms with Crippen LogP contribution in [0.1, 0.15) is 19.8 Å². The van der Waals surface area contributed by atoms with Gasteiger partial charge in [-0.05, 0) is 56.2 Å². The van der Waals surface area contributed by atoms with Gasteiger partial charge in [0.15, 0.2) is 0 Å². The maximum Gasteiger partial charge on any atom is 0.139 e. The van der Waals surface area contributed by atoms with Crippen molar-refractivity contribution in [2.75, 3.05) is 16.3 Å². The standard InChI is InChI=1S/C19H19ClN4/c1-13-21-22-18-19(10-11-19)12-23(15-8-6-14(20)7-9-15)16-4-2-3-5-17(16)24(13)18/h2-9,13,21H,10-12H2,1H3. The Kier molecular flexibility index (Phi) is 2.89. The minimum Gasteiger partial charge on any atom is -0.339 e. The normalized spacial score (nSPS) is 23.2. The smallest absolute Gasteiger partial charge is 0.139 e. The van der Waals surface area contributed by atoms with Gasteiger partial charge in [0.1, 0.15) is 12.0 Å². The molecule has 1 unspecified atom stereocenters. The van der Waals surface area contributed by atoms with E-state index in [0.717, 1.165) is 11.6 Å². The van der Waals surface area contributed by atoms with Crippen LogP contribution in [0.25, 0.3) is 0 Å². The van der Waals surface area contributed by atoms with E-state index in [4.69, 9.17) is 16.7 Å². The predicted molar refractivity (Wildman–Crippen MR) is 99.1 cm³/mol. The van der Waals surface area contributed by atoms with Crippen LogP contribution in [0.2, 0.25) is 5.02 Å². The van der Waals surface area contributed by atoms with Gasteiger partial charge < -0.3 is 9.80 Å². The van der Waals surface area contributed by atoms with Gasteiger partial charge >= 0.3 is 0 Å². The molecule has 4 nitrogen and oxygen atoms in total. The molecule has 3 aliphatic rings. The molecule has 1 saturated carbocycles. The Hall–Kier alpha value is -2.20. The lowest BCUT2D eigenvalue weighted by Crippen LogP contribution is -2.41. The van der Waals surface area contributed by atoms with Crippen LogP contribution in [0.4, 0.5) is 17.1 Å². The van der Waals surface area contributed by atoms with E-state index in [9.17, 15) is 0 Å². The fourth-order valence-corrected chi connectivity index (χ4v) is 4.01. The second-order valence-electron chi connectivity index (χ2n) is 6.94. The summed E-state index contributed by atoms with van der Waals surface area (Å²) >= 11 is 6.09. The fourth-order valence-electron chi connectivity index (χ4n) is 3.89. The van der Waals surface area contributed by atoms with Gasteiger partial charge in [-0.2, -0.15) is 5.10 Å². The minimum absolute atomic E-state index is 0.149. The highest BCUT2D eigenvalue weighted by Gasteiger charge is 2.55. The summed E-state index contributed by atoms with van der Waals surface area (Å²) in [6, 6.07) is 16.8. The molecule has 0 radical (unpaired) electrons. The van der Waals surface area contributed by atoms with Gasteiger partial charge in [-0.1, -0.05) is 23.7 Å². The van der Waals surface area contributed by atoms with Crippen molar-refractivity contribution in [1.29, 1.82) is 0 Å². The number of halogens is 1. The van der Waals surface area contributed by atoms with Crippen molar-refractivity contribution in [1.82, 2.24) is 5.43 Å². The van der Waals surface area contributed by atoms with Crippen LogP contribution in [-0.4, -0.2) is 18.5 Å². The SMILES string of the molecule is CC1NN=C2N1c1ccccc1N(c1ccc(Cl)cc1)CC21CC1. The topological polar surface area (TPSA) is 30.9 Å². The number of anilines is 3. The van der Waals surface area contributed by atoms with Crippen LogP contribution in [-0.2, 0) is 0 Å². The van der Waals surface area contributed by atoms with Gasteiger partial charge in [0.25, 0.3) is 0 Å². The Bertz CT molecular complexity index is 826. The summed E-state index contributed by atoms with van der Waals surface area (Å²) in [6.07, 6.45) is 2.56. The van der Waals surface area contributed by atoms with E-state index in [-0.39, 0.29) is 11.6 Å². The Morgan fingerprint density at radius 1 is 1.08 bits per heavy atom. The van der Waals surface area contributed by atoms with Crippen LogP contribution in [0.5, 0.6) is 0 Å². The van der Waals surface area contributed by atoms with Crippen molar-refractivity contribution in [2.24, 2.45) is 10.5 Å². The highest BCUT2D eigenvalue weighted by atomic mass is 35.5. The maximum atomic E-state index is 6.09. The summed E-state index contributed by atoms with van der Waals surface area (Å²) in [7, 11) is 0. The highest BCUT2D eigenvalue weighted by Crippen LogP contribution is 2.55. The number of hydrogen-bond donors (Lipinski definition) is 1. The number of nitrogens with zero attached hydrogens (tertiary/aromatic N) is 3. The first kappa shape index (κ1) is 14.2. The third-order valence-corrected chi connectivity index (χ3v) is 5.58. The van der Waals surface area contributed by atoms with E-state index in [1.807, 2.05) is 12.1 Å². The molecular weight excluding hydrogens is 320 g/mol. The predicted octanol–water partition coefficient (Wildman–Crippen LogP) is 4.34. The van der Waals surface area contributed by atoms with Gasteiger partial charge in [0.05, 0.1) is 11.4 Å². The van der Waals surface area contributed by atoms with Gasteiger partial charge in [0.2, 0.25) is 0 Å². The highest BCUT2D eigenvalue weighted by molar-refractivity contribution is 6.30. The molecule has 2 aliphatic heterocycles. The molecule has 2 heterocycles. The molecule has 24 heavy (non-hydrogen) atoms. The van der Waals surface area contributed by atoms with Crippen LogP contribution in [0.15, 0.2) is 53.6 Å². The lowest BCUT2D eigenvalue weighted by Gasteiger charge is -2.28. The third kappa shape index (κ3) is 1.96. The van der Waals surface area contributed by atoms with Crippen LogP contribution >= 0.6 is 11.6 Å². The minimum atomic E-state index is 0.149.